The average Bonchev–Trinajstić information content (AvgIpc) is 2.93. The van der Waals surface area contributed by atoms with Crippen LogP contribution in [0.3, 0.4) is 0 Å². The first kappa shape index (κ1) is 21.6. The zero-order valence-electron chi connectivity index (χ0n) is 22.7. The maximum Gasteiger partial charge on any atom is 0.157 e. The van der Waals surface area contributed by atoms with E-state index in [0.29, 0.717) is 36.5 Å². The number of ether oxygens (including phenoxy) is 2. The summed E-state index contributed by atoms with van der Waals surface area (Å²) >= 11 is 0. The van der Waals surface area contributed by atoms with E-state index in [1.165, 1.54) is 70.6 Å². The van der Waals surface area contributed by atoms with Gasteiger partial charge >= 0.3 is 0 Å². The van der Waals surface area contributed by atoms with Crippen LogP contribution in [0, 0.1) is 23.7 Å². The minimum Gasteiger partial charge on any atom is -0.372 e. The van der Waals surface area contributed by atoms with Gasteiger partial charge < -0.3 is 9.47 Å². The highest BCUT2D eigenvalue weighted by Crippen LogP contribution is 2.69. The van der Waals surface area contributed by atoms with Crippen molar-refractivity contribution in [2.45, 2.75) is 174 Å². The third kappa shape index (κ3) is 2.52. The lowest BCUT2D eigenvalue weighted by molar-refractivity contribution is -0.286. The monoisotopic (exact) mass is 502 g/mol. The van der Waals surface area contributed by atoms with Gasteiger partial charge in [0.2, 0.25) is 0 Å². The highest BCUT2D eigenvalue weighted by atomic mass is 16.5. The van der Waals surface area contributed by atoms with Gasteiger partial charge in [-0.3, -0.25) is 9.80 Å². The summed E-state index contributed by atoms with van der Waals surface area (Å²) in [7, 11) is 0. The van der Waals surface area contributed by atoms with Crippen LogP contribution in [-0.2, 0) is 9.47 Å². The van der Waals surface area contributed by atoms with Gasteiger partial charge in [-0.15, -0.1) is 0 Å². The first-order chi connectivity index (χ1) is 18.3. The summed E-state index contributed by atoms with van der Waals surface area (Å²) in [5.74, 6) is 6.63. The molecule has 16 unspecified atom stereocenters. The maximum absolute atomic E-state index is 7.32. The number of hydrogen-bond donors (Lipinski definition) is 0. The van der Waals surface area contributed by atoms with Crippen LogP contribution in [0.5, 0.6) is 0 Å². The Balaban J connectivity index is 1.11. The number of hydrogen-bond acceptors (Lipinski definition) is 4. The van der Waals surface area contributed by atoms with Crippen LogP contribution in [0.2, 0.25) is 17.5 Å². The summed E-state index contributed by atoms with van der Waals surface area (Å²) in [4.78, 5) is 6.63. The van der Waals surface area contributed by atoms with Crippen LogP contribution in [-0.4, -0.2) is 77.2 Å². The molecule has 0 radical (unpaired) electrons. The van der Waals surface area contributed by atoms with Gasteiger partial charge in [-0.2, -0.15) is 0 Å². The summed E-state index contributed by atoms with van der Waals surface area (Å²) in [6, 6.07) is 4.74. The Hall–Kier alpha value is -0.0951. The van der Waals surface area contributed by atoms with E-state index < -0.39 is 0 Å². The van der Waals surface area contributed by atoms with E-state index >= 15 is 0 Å². The van der Waals surface area contributed by atoms with Gasteiger partial charge in [0.1, 0.15) is 0 Å². The molecule has 5 aliphatic carbocycles. The van der Waals surface area contributed by atoms with Crippen molar-refractivity contribution < 1.29 is 9.47 Å². The first-order valence-electron chi connectivity index (χ1n) is 17.2. The molecule has 11 aliphatic rings. The lowest BCUT2D eigenvalue weighted by atomic mass is 9.17. The lowest BCUT2D eigenvalue weighted by Gasteiger charge is -2.77. The minimum atomic E-state index is 0.451. The smallest absolute Gasteiger partial charge is 0.157 e. The number of piperidine rings is 2. The third-order valence-electron chi connectivity index (χ3n) is 15.3. The predicted molar refractivity (Wildman–Crippen MR) is 144 cm³/mol. The summed E-state index contributed by atoms with van der Waals surface area (Å²) in [5, 5.41) is 0. The molecule has 4 nitrogen and oxygen atoms in total. The van der Waals surface area contributed by atoms with Crippen molar-refractivity contribution in [2.24, 2.45) is 23.7 Å². The molecule has 0 amide bonds. The SMILES string of the molecule is C1CC2CC3CCCC4B5C6CCCC7CC8CCCC9OC%10CC%11OC(C1)C2N(C34)C%11C5C%10N(C89)C76. The van der Waals surface area contributed by atoms with E-state index in [9.17, 15) is 0 Å². The van der Waals surface area contributed by atoms with Gasteiger partial charge in [-0.1, -0.05) is 38.5 Å². The fourth-order valence-electron chi connectivity index (χ4n) is 15.1. The highest BCUT2D eigenvalue weighted by molar-refractivity contribution is 6.65. The Morgan fingerprint density at radius 1 is 0.432 bits per heavy atom. The van der Waals surface area contributed by atoms with Gasteiger partial charge in [-0.05, 0) is 92.5 Å². The second-order valence-electron chi connectivity index (χ2n) is 16.2. The van der Waals surface area contributed by atoms with E-state index in [1.54, 1.807) is 25.7 Å². The molecule has 6 saturated heterocycles. The molecule has 0 spiro atoms. The third-order valence-corrected chi connectivity index (χ3v) is 15.3. The summed E-state index contributed by atoms with van der Waals surface area (Å²) < 4.78 is 14.6. The quantitative estimate of drug-likeness (QED) is 0.416. The fourth-order valence-corrected chi connectivity index (χ4v) is 15.1. The molecule has 0 bridgehead atoms. The maximum atomic E-state index is 7.32. The van der Waals surface area contributed by atoms with Crippen LogP contribution in [0.1, 0.15) is 96.3 Å². The van der Waals surface area contributed by atoms with Crippen molar-refractivity contribution >= 4 is 6.71 Å². The van der Waals surface area contributed by atoms with Crippen molar-refractivity contribution in [1.82, 2.24) is 9.80 Å². The Labute approximate surface area is 224 Å². The van der Waals surface area contributed by atoms with Crippen LogP contribution < -0.4 is 0 Å². The molecule has 16 atom stereocenters. The summed E-state index contributed by atoms with van der Waals surface area (Å²) in [5.41, 5.74) is 0. The largest absolute Gasteiger partial charge is 0.372 e. The molecule has 6 aliphatic heterocycles. The van der Waals surface area contributed by atoms with E-state index in [2.05, 4.69) is 9.80 Å². The summed E-state index contributed by atoms with van der Waals surface area (Å²) in [6.45, 7) is 0.967. The molecule has 0 aromatic heterocycles. The van der Waals surface area contributed by atoms with Crippen molar-refractivity contribution in [2.75, 3.05) is 0 Å². The molecule has 0 aromatic carbocycles. The van der Waals surface area contributed by atoms with E-state index in [0.717, 1.165) is 72.0 Å². The number of rotatable bonds is 0. The second kappa shape index (κ2) is 7.40. The molecule has 37 heavy (non-hydrogen) atoms. The predicted octanol–water partition coefficient (Wildman–Crippen LogP) is 5.38. The lowest BCUT2D eigenvalue weighted by Crippen LogP contribution is -2.86. The second-order valence-corrected chi connectivity index (χ2v) is 16.2. The Bertz CT molecular complexity index is 920. The van der Waals surface area contributed by atoms with Crippen molar-refractivity contribution in [1.29, 1.82) is 0 Å². The van der Waals surface area contributed by atoms with Crippen molar-refractivity contribution in [3.63, 3.8) is 0 Å². The topological polar surface area (TPSA) is 24.9 Å². The van der Waals surface area contributed by atoms with Crippen LogP contribution in [0.25, 0.3) is 0 Å². The van der Waals surface area contributed by atoms with Gasteiger partial charge in [0.25, 0.3) is 0 Å². The molecular weight excluding hydrogens is 455 g/mol. The number of nitrogens with zero attached hydrogens (tertiary/aromatic N) is 2. The zero-order valence-corrected chi connectivity index (χ0v) is 22.7. The molecule has 5 saturated carbocycles. The van der Waals surface area contributed by atoms with Gasteiger partial charge in [0.15, 0.2) is 6.71 Å². The highest BCUT2D eigenvalue weighted by Gasteiger charge is 2.74. The zero-order chi connectivity index (χ0) is 23.6. The molecule has 0 aromatic rings. The standard InChI is InChI=1S/C32H47BN2O2/c1-5-16-13-18-7-3-11-22-29(18)34-27(16)20(9-1)33-21-10-2-6-17-14-19-8-4-12-23-30(19)35(28(17)21)32-25(37-23)15-24(36-22)31(34)26(32)33/h16-32H,1-15H2. The van der Waals surface area contributed by atoms with Gasteiger partial charge in [0, 0.05) is 42.7 Å². The van der Waals surface area contributed by atoms with E-state index in [4.69, 9.17) is 9.47 Å². The molecule has 11 fully saturated rings. The van der Waals surface area contributed by atoms with Crippen LogP contribution in [0.4, 0.5) is 0 Å². The van der Waals surface area contributed by atoms with Crippen molar-refractivity contribution in [3.8, 4) is 0 Å². The molecule has 11 rings (SSSR count). The number of morpholine rings is 2. The number of fused-ring (bicyclic) bond motifs is 2. The summed E-state index contributed by atoms with van der Waals surface area (Å²) in [6.07, 6.45) is 23.9. The van der Waals surface area contributed by atoms with E-state index in [-0.39, 0.29) is 0 Å². The molecule has 0 N–H and O–H groups in total. The van der Waals surface area contributed by atoms with Crippen LogP contribution in [0.15, 0.2) is 0 Å². The molecule has 6 heterocycles. The normalized spacial score (nSPS) is 64.5. The Morgan fingerprint density at radius 3 is 1.41 bits per heavy atom. The minimum absolute atomic E-state index is 0.451. The molecular formula is C32H47BN2O2. The van der Waals surface area contributed by atoms with Crippen LogP contribution >= 0.6 is 0 Å². The first-order valence-corrected chi connectivity index (χ1v) is 17.2. The molecule has 200 valence electrons. The average molecular weight is 503 g/mol. The van der Waals surface area contributed by atoms with Crippen molar-refractivity contribution in [3.05, 3.63) is 0 Å². The molecule has 5 heteroatoms. The Morgan fingerprint density at radius 2 is 0.892 bits per heavy atom. The van der Waals surface area contributed by atoms with E-state index in [1.807, 2.05) is 0 Å². The van der Waals surface area contributed by atoms with Gasteiger partial charge in [-0.25, -0.2) is 0 Å². The fraction of sp³-hybridized carbons (Fsp3) is 1.00. The Kier molecular flexibility index (Phi) is 4.32. The van der Waals surface area contributed by atoms with Gasteiger partial charge in [0.05, 0.1) is 24.4 Å².